The molecule has 0 aliphatic heterocycles. The minimum Gasteiger partial charge on any atom is -0.497 e. The first-order valence-corrected chi connectivity index (χ1v) is 8.70. The number of nitriles is 1. The SMILES string of the molecule is COc1ccc(NC=C(C#N)c2nc(-c3ccc([N+](=O)[O-])cc3)cs2)cc1. The third-order valence-electron chi connectivity index (χ3n) is 3.70. The summed E-state index contributed by atoms with van der Waals surface area (Å²) in [4.78, 5) is 14.8. The van der Waals surface area contributed by atoms with Gasteiger partial charge in [0.1, 0.15) is 22.4 Å². The Labute approximate surface area is 159 Å². The molecule has 0 radical (unpaired) electrons. The molecule has 0 fully saturated rings. The lowest BCUT2D eigenvalue weighted by Crippen LogP contribution is -1.91. The van der Waals surface area contributed by atoms with E-state index < -0.39 is 4.92 Å². The molecule has 27 heavy (non-hydrogen) atoms. The predicted molar refractivity (Wildman–Crippen MR) is 104 cm³/mol. The maximum Gasteiger partial charge on any atom is 0.269 e. The van der Waals surface area contributed by atoms with Crippen LogP contribution < -0.4 is 10.1 Å². The Kier molecular flexibility index (Phi) is 5.44. The predicted octanol–water partition coefficient (Wildman–Crippen LogP) is 4.70. The summed E-state index contributed by atoms with van der Waals surface area (Å²) in [5, 5.41) is 25.6. The number of thiazole rings is 1. The highest BCUT2D eigenvalue weighted by molar-refractivity contribution is 7.11. The van der Waals surface area contributed by atoms with Crippen LogP contribution in [0.2, 0.25) is 0 Å². The second-order valence-electron chi connectivity index (χ2n) is 5.38. The van der Waals surface area contributed by atoms with Gasteiger partial charge in [-0.15, -0.1) is 11.3 Å². The molecule has 0 bridgehead atoms. The van der Waals surface area contributed by atoms with Gasteiger partial charge >= 0.3 is 0 Å². The van der Waals surface area contributed by atoms with E-state index in [1.165, 1.54) is 23.5 Å². The number of rotatable bonds is 6. The van der Waals surface area contributed by atoms with Crippen LogP contribution in [0.1, 0.15) is 5.01 Å². The maximum atomic E-state index is 10.7. The molecule has 0 saturated carbocycles. The number of allylic oxidation sites excluding steroid dienone is 1. The first kappa shape index (κ1) is 18.1. The molecule has 7 nitrogen and oxygen atoms in total. The summed E-state index contributed by atoms with van der Waals surface area (Å²) >= 11 is 1.33. The largest absolute Gasteiger partial charge is 0.497 e. The van der Waals surface area contributed by atoms with E-state index in [1.807, 2.05) is 29.6 Å². The minimum absolute atomic E-state index is 0.0236. The lowest BCUT2D eigenvalue weighted by Gasteiger charge is -2.03. The van der Waals surface area contributed by atoms with Crippen LogP contribution in [-0.2, 0) is 0 Å². The van der Waals surface area contributed by atoms with Gasteiger partial charge in [-0.3, -0.25) is 10.1 Å². The van der Waals surface area contributed by atoms with Crippen molar-refractivity contribution in [1.82, 2.24) is 4.98 Å². The number of nitrogens with one attached hydrogen (secondary N) is 1. The summed E-state index contributed by atoms with van der Waals surface area (Å²) in [7, 11) is 1.60. The summed E-state index contributed by atoms with van der Waals surface area (Å²) < 4.78 is 5.11. The topological polar surface area (TPSA) is 101 Å². The molecule has 0 atom stereocenters. The van der Waals surface area contributed by atoms with Crippen molar-refractivity contribution >= 4 is 28.3 Å². The van der Waals surface area contributed by atoms with E-state index in [4.69, 9.17) is 4.74 Å². The molecule has 1 heterocycles. The van der Waals surface area contributed by atoms with E-state index in [-0.39, 0.29) is 5.69 Å². The van der Waals surface area contributed by atoms with Crippen molar-refractivity contribution in [3.63, 3.8) is 0 Å². The Bertz CT molecular complexity index is 1020. The fourth-order valence-corrected chi connectivity index (χ4v) is 3.06. The second kappa shape index (κ2) is 8.12. The normalized spacial score (nSPS) is 10.9. The van der Waals surface area contributed by atoms with Crippen molar-refractivity contribution < 1.29 is 9.66 Å². The van der Waals surface area contributed by atoms with Crippen LogP contribution in [0.5, 0.6) is 5.75 Å². The van der Waals surface area contributed by atoms with Crippen LogP contribution in [0.4, 0.5) is 11.4 Å². The zero-order chi connectivity index (χ0) is 19.2. The molecule has 0 spiro atoms. The average Bonchev–Trinajstić information content (AvgIpc) is 3.19. The summed E-state index contributed by atoms with van der Waals surface area (Å²) in [6, 6.07) is 15.6. The van der Waals surface area contributed by atoms with Gasteiger partial charge in [0.05, 0.1) is 17.7 Å². The van der Waals surface area contributed by atoms with E-state index in [0.717, 1.165) is 17.0 Å². The van der Waals surface area contributed by atoms with Crippen molar-refractivity contribution in [3.8, 4) is 23.1 Å². The number of anilines is 1. The zero-order valence-electron chi connectivity index (χ0n) is 14.2. The van der Waals surface area contributed by atoms with Crippen molar-refractivity contribution in [2.45, 2.75) is 0 Å². The highest BCUT2D eigenvalue weighted by Gasteiger charge is 2.11. The Morgan fingerprint density at radius 2 is 1.96 bits per heavy atom. The average molecular weight is 378 g/mol. The van der Waals surface area contributed by atoms with Gasteiger partial charge in [0.15, 0.2) is 0 Å². The van der Waals surface area contributed by atoms with Crippen molar-refractivity contribution in [1.29, 1.82) is 5.26 Å². The highest BCUT2D eigenvalue weighted by Crippen LogP contribution is 2.27. The molecule has 0 amide bonds. The third kappa shape index (κ3) is 4.29. The number of nitro benzene ring substituents is 1. The molecule has 8 heteroatoms. The van der Waals surface area contributed by atoms with E-state index in [1.54, 1.807) is 25.4 Å². The second-order valence-corrected chi connectivity index (χ2v) is 6.24. The Morgan fingerprint density at radius 1 is 1.26 bits per heavy atom. The molecule has 134 valence electrons. The number of ether oxygens (including phenoxy) is 1. The summed E-state index contributed by atoms with van der Waals surface area (Å²) in [6.45, 7) is 0. The van der Waals surface area contributed by atoms with Gasteiger partial charge in [-0.05, 0) is 36.4 Å². The Hall–Kier alpha value is -3.70. The van der Waals surface area contributed by atoms with Gasteiger partial charge in [-0.25, -0.2) is 4.98 Å². The fraction of sp³-hybridized carbons (Fsp3) is 0.0526. The van der Waals surface area contributed by atoms with Gasteiger partial charge in [-0.1, -0.05) is 0 Å². The fourth-order valence-electron chi connectivity index (χ4n) is 2.27. The zero-order valence-corrected chi connectivity index (χ0v) is 15.1. The number of hydrogen-bond donors (Lipinski definition) is 1. The molecule has 0 saturated heterocycles. The Morgan fingerprint density at radius 3 is 2.56 bits per heavy atom. The lowest BCUT2D eigenvalue weighted by atomic mass is 10.1. The van der Waals surface area contributed by atoms with Gasteiger partial charge in [0, 0.05) is 35.0 Å². The van der Waals surface area contributed by atoms with Gasteiger partial charge < -0.3 is 10.1 Å². The monoisotopic (exact) mass is 378 g/mol. The number of methoxy groups -OCH3 is 1. The number of hydrogen-bond acceptors (Lipinski definition) is 7. The molecule has 0 aliphatic carbocycles. The van der Waals surface area contributed by atoms with Crippen LogP contribution in [0.25, 0.3) is 16.8 Å². The number of nitrogens with zero attached hydrogens (tertiary/aromatic N) is 3. The molecular weight excluding hydrogens is 364 g/mol. The van der Waals surface area contributed by atoms with E-state index in [9.17, 15) is 15.4 Å². The smallest absolute Gasteiger partial charge is 0.269 e. The van der Waals surface area contributed by atoms with Crippen LogP contribution in [0, 0.1) is 21.4 Å². The standard InChI is InChI=1S/C19H14N4O3S/c1-26-17-8-4-15(5-9-17)21-11-14(10-20)19-22-18(12-27-19)13-2-6-16(7-3-13)23(24)25/h2-9,11-12,21H,1H3. The van der Waals surface area contributed by atoms with Crippen LogP contribution in [0.3, 0.4) is 0 Å². The van der Waals surface area contributed by atoms with Crippen molar-refractivity contribution in [2.75, 3.05) is 12.4 Å². The molecule has 2 aromatic carbocycles. The summed E-state index contributed by atoms with van der Waals surface area (Å²) in [6.07, 6.45) is 1.60. The minimum atomic E-state index is -0.447. The molecule has 3 rings (SSSR count). The summed E-state index contributed by atoms with van der Waals surface area (Å²) in [5.74, 6) is 0.748. The number of benzene rings is 2. The van der Waals surface area contributed by atoms with Crippen LogP contribution >= 0.6 is 11.3 Å². The third-order valence-corrected chi connectivity index (χ3v) is 4.58. The van der Waals surface area contributed by atoms with Crippen LogP contribution in [0.15, 0.2) is 60.1 Å². The quantitative estimate of drug-likeness (QED) is 0.379. The molecular formula is C19H14N4O3S. The lowest BCUT2D eigenvalue weighted by molar-refractivity contribution is -0.384. The van der Waals surface area contributed by atoms with Gasteiger partial charge in [0.25, 0.3) is 5.69 Å². The maximum absolute atomic E-state index is 10.7. The van der Waals surface area contributed by atoms with Crippen molar-refractivity contribution in [3.05, 3.63) is 75.2 Å². The van der Waals surface area contributed by atoms with Gasteiger partial charge in [0.2, 0.25) is 0 Å². The molecule has 0 aliphatic rings. The Balaban J connectivity index is 1.78. The molecule has 1 aromatic heterocycles. The molecule has 3 aromatic rings. The van der Waals surface area contributed by atoms with Crippen molar-refractivity contribution in [2.24, 2.45) is 0 Å². The molecule has 1 N–H and O–H groups in total. The summed E-state index contributed by atoms with van der Waals surface area (Å²) in [5.41, 5.74) is 2.65. The highest BCUT2D eigenvalue weighted by atomic mass is 32.1. The van der Waals surface area contributed by atoms with E-state index >= 15 is 0 Å². The number of nitro groups is 1. The number of non-ortho nitro benzene ring substituents is 1. The van der Waals surface area contributed by atoms with E-state index in [2.05, 4.69) is 16.4 Å². The first-order chi connectivity index (χ1) is 13.1. The van der Waals surface area contributed by atoms with E-state index in [0.29, 0.717) is 16.3 Å². The van der Waals surface area contributed by atoms with Crippen LogP contribution in [-0.4, -0.2) is 17.0 Å². The number of aromatic nitrogens is 1. The molecule has 0 unspecified atom stereocenters. The first-order valence-electron chi connectivity index (χ1n) is 7.82. The van der Waals surface area contributed by atoms with Gasteiger partial charge in [-0.2, -0.15) is 5.26 Å².